The molecule has 0 fully saturated rings. The third kappa shape index (κ3) is 5.06. The first-order valence-corrected chi connectivity index (χ1v) is 9.57. The molecule has 0 spiro atoms. The van der Waals surface area contributed by atoms with Crippen molar-refractivity contribution in [3.63, 3.8) is 0 Å². The molecule has 0 aromatic heterocycles. The van der Waals surface area contributed by atoms with Crippen molar-refractivity contribution < 1.29 is 9.18 Å². The first-order chi connectivity index (χ1) is 13.8. The van der Waals surface area contributed by atoms with Gasteiger partial charge in [-0.25, -0.2) is 4.39 Å². The van der Waals surface area contributed by atoms with Gasteiger partial charge in [-0.3, -0.25) is 4.79 Å². The Kier molecular flexibility index (Phi) is 6.39. The summed E-state index contributed by atoms with van der Waals surface area (Å²) in [7, 11) is 3.86. The van der Waals surface area contributed by atoms with Crippen molar-refractivity contribution in [3.05, 3.63) is 94.3 Å². The molecule has 0 bridgehead atoms. The molecular formula is C23H23ClFN3O. The van der Waals surface area contributed by atoms with Crippen LogP contribution in [0.3, 0.4) is 0 Å². The minimum absolute atomic E-state index is 0.230. The molecule has 3 aromatic carbocycles. The molecule has 0 aliphatic heterocycles. The molecule has 3 rings (SSSR count). The predicted molar refractivity (Wildman–Crippen MR) is 117 cm³/mol. The van der Waals surface area contributed by atoms with E-state index < -0.39 is 0 Å². The molecule has 150 valence electrons. The maximum atomic E-state index is 13.7. The van der Waals surface area contributed by atoms with Gasteiger partial charge in [-0.15, -0.1) is 0 Å². The summed E-state index contributed by atoms with van der Waals surface area (Å²) < 4.78 is 13.7. The fourth-order valence-corrected chi connectivity index (χ4v) is 3.45. The number of hydrogen-bond donors (Lipinski definition) is 1. The van der Waals surface area contributed by atoms with E-state index in [1.807, 2.05) is 37.2 Å². The van der Waals surface area contributed by atoms with Gasteiger partial charge in [-0.1, -0.05) is 35.9 Å². The number of rotatable bonds is 6. The van der Waals surface area contributed by atoms with Crippen molar-refractivity contribution in [1.82, 2.24) is 4.90 Å². The number of nitrogens with zero attached hydrogens (tertiary/aromatic N) is 2. The van der Waals surface area contributed by atoms with E-state index in [9.17, 15) is 9.18 Å². The van der Waals surface area contributed by atoms with Crippen molar-refractivity contribution in [2.24, 2.45) is 0 Å². The molecule has 0 aliphatic rings. The van der Waals surface area contributed by atoms with Crippen LogP contribution in [0.15, 0.2) is 66.7 Å². The predicted octanol–water partition coefficient (Wildman–Crippen LogP) is 4.97. The minimum atomic E-state index is -0.342. The van der Waals surface area contributed by atoms with Crippen LogP contribution in [0.2, 0.25) is 5.02 Å². The van der Waals surface area contributed by atoms with E-state index in [0.29, 0.717) is 28.4 Å². The first kappa shape index (κ1) is 20.7. The van der Waals surface area contributed by atoms with Crippen LogP contribution in [-0.4, -0.2) is 24.9 Å². The molecule has 0 saturated heterocycles. The Bertz CT molecular complexity index is 1020. The van der Waals surface area contributed by atoms with Crippen LogP contribution in [0.25, 0.3) is 0 Å². The van der Waals surface area contributed by atoms with Gasteiger partial charge in [0.2, 0.25) is 0 Å². The summed E-state index contributed by atoms with van der Waals surface area (Å²) in [6.45, 7) is 0.544. The number of nitrogens with two attached hydrogens (primary N) is 1. The molecule has 0 unspecified atom stereocenters. The Morgan fingerprint density at radius 1 is 1.00 bits per heavy atom. The smallest absolute Gasteiger partial charge is 0.255 e. The van der Waals surface area contributed by atoms with Gasteiger partial charge in [0.1, 0.15) is 5.82 Å². The number of hydrogen-bond acceptors (Lipinski definition) is 3. The maximum Gasteiger partial charge on any atom is 0.255 e. The van der Waals surface area contributed by atoms with E-state index in [-0.39, 0.29) is 18.3 Å². The second-order valence-electron chi connectivity index (χ2n) is 7.05. The van der Waals surface area contributed by atoms with Crippen molar-refractivity contribution in [2.45, 2.75) is 13.1 Å². The van der Waals surface area contributed by atoms with Crippen LogP contribution >= 0.6 is 11.6 Å². The monoisotopic (exact) mass is 411 g/mol. The molecule has 3 aromatic rings. The molecule has 0 heterocycles. The number of benzene rings is 3. The summed E-state index contributed by atoms with van der Waals surface area (Å²) in [6.07, 6.45) is 0. The molecule has 0 atom stereocenters. The Labute approximate surface area is 175 Å². The zero-order valence-corrected chi connectivity index (χ0v) is 17.2. The Morgan fingerprint density at radius 2 is 1.76 bits per heavy atom. The summed E-state index contributed by atoms with van der Waals surface area (Å²) in [4.78, 5) is 16.9. The van der Waals surface area contributed by atoms with Gasteiger partial charge in [0, 0.05) is 38.6 Å². The quantitative estimate of drug-likeness (QED) is 0.582. The number of anilines is 2. The largest absolute Gasteiger partial charge is 0.399 e. The average Bonchev–Trinajstić information content (AvgIpc) is 2.67. The highest BCUT2D eigenvalue weighted by molar-refractivity contribution is 6.33. The number of amides is 1. The lowest BCUT2D eigenvalue weighted by molar-refractivity contribution is 0.0730. The summed E-state index contributed by atoms with van der Waals surface area (Å²) in [5, 5.41) is 0.377. The molecule has 1 amide bonds. The van der Waals surface area contributed by atoms with Gasteiger partial charge in [0.05, 0.1) is 10.6 Å². The van der Waals surface area contributed by atoms with Gasteiger partial charge in [0.25, 0.3) is 5.91 Å². The van der Waals surface area contributed by atoms with Gasteiger partial charge >= 0.3 is 0 Å². The van der Waals surface area contributed by atoms with Gasteiger partial charge in [-0.2, -0.15) is 0 Å². The van der Waals surface area contributed by atoms with Gasteiger partial charge in [0.15, 0.2) is 0 Å². The topological polar surface area (TPSA) is 49.6 Å². The minimum Gasteiger partial charge on any atom is -0.399 e. The second kappa shape index (κ2) is 8.97. The molecule has 6 heteroatoms. The molecular weight excluding hydrogens is 389 g/mol. The van der Waals surface area contributed by atoms with Crippen LogP contribution in [0.4, 0.5) is 15.8 Å². The zero-order valence-electron chi connectivity index (χ0n) is 16.4. The Hall–Kier alpha value is -3.05. The number of nitrogen functional groups attached to an aromatic ring is 1. The van der Waals surface area contributed by atoms with Gasteiger partial charge < -0.3 is 15.5 Å². The highest BCUT2D eigenvalue weighted by Gasteiger charge is 2.21. The van der Waals surface area contributed by atoms with Crippen LogP contribution in [0.5, 0.6) is 0 Å². The van der Waals surface area contributed by atoms with E-state index in [2.05, 4.69) is 0 Å². The van der Waals surface area contributed by atoms with E-state index >= 15 is 0 Å². The summed E-state index contributed by atoms with van der Waals surface area (Å²) in [5.74, 6) is -0.572. The molecule has 0 aliphatic carbocycles. The second-order valence-corrected chi connectivity index (χ2v) is 7.46. The zero-order chi connectivity index (χ0) is 21.0. The van der Waals surface area contributed by atoms with E-state index in [1.165, 1.54) is 12.1 Å². The van der Waals surface area contributed by atoms with Crippen molar-refractivity contribution in [1.29, 1.82) is 0 Å². The SMILES string of the molecule is CN(C)c1ccc(N)cc1CN(Cc1cccc(F)c1)C(=O)c1ccccc1Cl. The average molecular weight is 412 g/mol. The lowest BCUT2D eigenvalue weighted by atomic mass is 10.1. The summed E-state index contributed by atoms with van der Waals surface area (Å²) in [6, 6.07) is 18.8. The fraction of sp³-hybridized carbons (Fsp3) is 0.174. The van der Waals surface area contributed by atoms with E-state index in [1.54, 1.807) is 41.3 Å². The van der Waals surface area contributed by atoms with E-state index in [4.69, 9.17) is 17.3 Å². The fourth-order valence-electron chi connectivity index (χ4n) is 3.23. The first-order valence-electron chi connectivity index (χ1n) is 9.19. The van der Waals surface area contributed by atoms with Crippen molar-refractivity contribution in [3.8, 4) is 0 Å². The van der Waals surface area contributed by atoms with Crippen LogP contribution in [-0.2, 0) is 13.1 Å². The lowest BCUT2D eigenvalue weighted by Gasteiger charge is -2.26. The van der Waals surface area contributed by atoms with Crippen LogP contribution in [0.1, 0.15) is 21.5 Å². The highest BCUT2D eigenvalue weighted by atomic mass is 35.5. The number of carbonyl (C=O) groups is 1. The molecule has 4 nitrogen and oxygen atoms in total. The van der Waals surface area contributed by atoms with Crippen LogP contribution < -0.4 is 10.6 Å². The highest BCUT2D eigenvalue weighted by Crippen LogP contribution is 2.26. The molecule has 29 heavy (non-hydrogen) atoms. The third-order valence-corrected chi connectivity index (χ3v) is 4.93. The maximum absolute atomic E-state index is 13.7. The standard InChI is InChI=1S/C23H23ClFN3O/c1-27(2)22-11-10-19(26)13-17(22)15-28(14-16-6-5-7-18(25)12-16)23(29)20-8-3-4-9-21(20)24/h3-13H,14-15,26H2,1-2H3. The van der Waals surface area contributed by atoms with Crippen molar-refractivity contribution in [2.75, 3.05) is 24.7 Å². The van der Waals surface area contributed by atoms with E-state index in [0.717, 1.165) is 11.3 Å². The lowest BCUT2D eigenvalue weighted by Crippen LogP contribution is -2.31. The molecule has 2 N–H and O–H groups in total. The number of halogens is 2. The third-order valence-electron chi connectivity index (χ3n) is 4.60. The molecule has 0 radical (unpaired) electrons. The number of carbonyl (C=O) groups excluding carboxylic acids is 1. The summed E-state index contributed by atoms with van der Waals surface area (Å²) >= 11 is 6.27. The molecule has 0 saturated carbocycles. The van der Waals surface area contributed by atoms with Crippen molar-refractivity contribution >= 4 is 28.9 Å². The van der Waals surface area contributed by atoms with Gasteiger partial charge in [-0.05, 0) is 53.6 Å². The Morgan fingerprint density at radius 3 is 2.45 bits per heavy atom. The Balaban J connectivity index is 2.00. The normalized spacial score (nSPS) is 10.6. The summed E-state index contributed by atoms with van der Waals surface area (Å²) in [5.41, 5.74) is 9.55. The van der Waals surface area contributed by atoms with Crippen LogP contribution in [0, 0.1) is 5.82 Å².